The number of H-pyrrole nitrogens is 1. The summed E-state index contributed by atoms with van der Waals surface area (Å²) in [5.74, 6) is 0.692. The van der Waals surface area contributed by atoms with Gasteiger partial charge in [-0.25, -0.2) is 0 Å². The van der Waals surface area contributed by atoms with E-state index in [9.17, 15) is 0 Å². The van der Waals surface area contributed by atoms with Crippen LogP contribution in [0.15, 0.2) is 6.07 Å². The maximum Gasteiger partial charge on any atom is 0.0637 e. The molecule has 74 valence electrons. The zero-order valence-corrected chi connectivity index (χ0v) is 8.72. The van der Waals surface area contributed by atoms with Crippen molar-refractivity contribution >= 4 is 0 Å². The van der Waals surface area contributed by atoms with Gasteiger partial charge in [0.2, 0.25) is 0 Å². The first-order chi connectivity index (χ1) is 6.22. The SMILES string of the molecule is CNCCc1cc(CC(C)C)[nH]n1. The number of hydrogen-bond donors (Lipinski definition) is 2. The highest BCUT2D eigenvalue weighted by Crippen LogP contribution is 2.06. The summed E-state index contributed by atoms with van der Waals surface area (Å²) in [7, 11) is 1.96. The molecule has 3 nitrogen and oxygen atoms in total. The van der Waals surface area contributed by atoms with Crippen LogP contribution in [0.5, 0.6) is 0 Å². The second-order valence-corrected chi connectivity index (χ2v) is 3.84. The minimum atomic E-state index is 0.692. The van der Waals surface area contributed by atoms with Gasteiger partial charge in [-0.05, 0) is 25.5 Å². The molecule has 0 aliphatic rings. The molecule has 0 amide bonds. The molecular formula is C10H19N3. The first-order valence-corrected chi connectivity index (χ1v) is 4.90. The van der Waals surface area contributed by atoms with Crippen molar-refractivity contribution in [1.29, 1.82) is 0 Å². The molecule has 0 unspecified atom stereocenters. The van der Waals surface area contributed by atoms with Gasteiger partial charge in [0.15, 0.2) is 0 Å². The molecule has 13 heavy (non-hydrogen) atoms. The molecule has 2 N–H and O–H groups in total. The van der Waals surface area contributed by atoms with Gasteiger partial charge in [0.25, 0.3) is 0 Å². The summed E-state index contributed by atoms with van der Waals surface area (Å²) in [5.41, 5.74) is 2.41. The summed E-state index contributed by atoms with van der Waals surface area (Å²) >= 11 is 0. The minimum absolute atomic E-state index is 0.692. The average Bonchev–Trinajstić information content (AvgIpc) is 2.48. The van der Waals surface area contributed by atoms with Crippen LogP contribution in [-0.4, -0.2) is 23.8 Å². The monoisotopic (exact) mass is 181 g/mol. The molecule has 0 fully saturated rings. The number of aromatic amines is 1. The molecule has 0 aliphatic carbocycles. The molecule has 0 aromatic carbocycles. The Morgan fingerprint density at radius 2 is 2.31 bits per heavy atom. The van der Waals surface area contributed by atoms with Crippen molar-refractivity contribution in [1.82, 2.24) is 15.5 Å². The summed E-state index contributed by atoms with van der Waals surface area (Å²) < 4.78 is 0. The predicted octanol–water partition coefficient (Wildman–Crippen LogP) is 1.37. The largest absolute Gasteiger partial charge is 0.319 e. The van der Waals surface area contributed by atoms with Gasteiger partial charge < -0.3 is 5.32 Å². The maximum absolute atomic E-state index is 4.24. The highest BCUT2D eigenvalue weighted by molar-refractivity contribution is 5.09. The van der Waals surface area contributed by atoms with Crippen molar-refractivity contribution in [2.24, 2.45) is 5.92 Å². The Kier molecular flexibility index (Phi) is 3.96. The van der Waals surface area contributed by atoms with Crippen molar-refractivity contribution in [3.63, 3.8) is 0 Å². The summed E-state index contributed by atoms with van der Waals surface area (Å²) in [4.78, 5) is 0. The first-order valence-electron chi connectivity index (χ1n) is 4.90. The van der Waals surface area contributed by atoms with E-state index in [1.807, 2.05) is 7.05 Å². The van der Waals surface area contributed by atoms with Crippen molar-refractivity contribution in [3.8, 4) is 0 Å². The van der Waals surface area contributed by atoms with E-state index >= 15 is 0 Å². The number of hydrogen-bond acceptors (Lipinski definition) is 2. The fraction of sp³-hybridized carbons (Fsp3) is 0.700. The lowest BCUT2D eigenvalue weighted by Gasteiger charge is -1.99. The Morgan fingerprint density at radius 1 is 1.54 bits per heavy atom. The molecule has 0 saturated carbocycles. The molecule has 0 bridgehead atoms. The number of rotatable bonds is 5. The molecule has 1 heterocycles. The van der Waals surface area contributed by atoms with Crippen LogP contribution in [0, 0.1) is 5.92 Å². The third kappa shape index (κ3) is 3.59. The van der Waals surface area contributed by atoms with Gasteiger partial charge in [-0.1, -0.05) is 13.8 Å². The fourth-order valence-electron chi connectivity index (χ4n) is 1.33. The van der Waals surface area contributed by atoms with Crippen LogP contribution in [0.4, 0.5) is 0 Å². The Morgan fingerprint density at radius 3 is 2.92 bits per heavy atom. The van der Waals surface area contributed by atoms with Gasteiger partial charge >= 0.3 is 0 Å². The number of likely N-dealkylation sites (N-methyl/N-ethyl adjacent to an activating group) is 1. The van der Waals surface area contributed by atoms with E-state index in [0.29, 0.717) is 5.92 Å². The van der Waals surface area contributed by atoms with E-state index in [4.69, 9.17) is 0 Å². The normalized spacial score (nSPS) is 11.1. The number of nitrogens with zero attached hydrogens (tertiary/aromatic N) is 1. The van der Waals surface area contributed by atoms with E-state index < -0.39 is 0 Å². The van der Waals surface area contributed by atoms with Gasteiger partial charge in [-0.2, -0.15) is 5.10 Å². The third-order valence-electron chi connectivity index (χ3n) is 1.94. The second-order valence-electron chi connectivity index (χ2n) is 3.84. The first kappa shape index (κ1) is 10.3. The lowest BCUT2D eigenvalue weighted by Crippen LogP contribution is -2.10. The van der Waals surface area contributed by atoms with Crippen molar-refractivity contribution < 1.29 is 0 Å². The van der Waals surface area contributed by atoms with Gasteiger partial charge in [-0.3, -0.25) is 5.10 Å². The van der Waals surface area contributed by atoms with Gasteiger partial charge in [0, 0.05) is 18.7 Å². The lowest BCUT2D eigenvalue weighted by molar-refractivity contribution is 0.633. The number of aromatic nitrogens is 2. The van der Waals surface area contributed by atoms with Crippen LogP contribution in [0.1, 0.15) is 25.2 Å². The van der Waals surface area contributed by atoms with E-state index in [1.54, 1.807) is 0 Å². The van der Waals surface area contributed by atoms with Gasteiger partial charge in [0.1, 0.15) is 0 Å². The average molecular weight is 181 g/mol. The Balaban J connectivity index is 2.44. The van der Waals surface area contributed by atoms with Gasteiger partial charge in [-0.15, -0.1) is 0 Å². The topological polar surface area (TPSA) is 40.7 Å². The minimum Gasteiger partial charge on any atom is -0.319 e. The van der Waals surface area contributed by atoms with Crippen LogP contribution < -0.4 is 5.32 Å². The third-order valence-corrected chi connectivity index (χ3v) is 1.94. The highest BCUT2D eigenvalue weighted by Gasteiger charge is 2.02. The lowest BCUT2D eigenvalue weighted by atomic mass is 10.1. The molecule has 1 rings (SSSR count). The zero-order chi connectivity index (χ0) is 9.68. The fourth-order valence-corrected chi connectivity index (χ4v) is 1.33. The second kappa shape index (κ2) is 5.02. The molecule has 1 aromatic heterocycles. The summed E-state index contributed by atoms with van der Waals surface area (Å²) in [6, 6.07) is 2.16. The smallest absolute Gasteiger partial charge is 0.0637 e. The predicted molar refractivity (Wildman–Crippen MR) is 54.8 cm³/mol. The molecule has 0 spiro atoms. The van der Waals surface area contributed by atoms with E-state index in [1.165, 1.54) is 5.69 Å². The van der Waals surface area contributed by atoms with Crippen molar-refractivity contribution in [2.75, 3.05) is 13.6 Å². The van der Waals surface area contributed by atoms with Crippen molar-refractivity contribution in [3.05, 3.63) is 17.5 Å². The van der Waals surface area contributed by atoms with Crippen LogP contribution in [-0.2, 0) is 12.8 Å². The molecule has 1 aromatic rings. The Hall–Kier alpha value is -0.830. The van der Waals surface area contributed by atoms with Crippen LogP contribution in [0.2, 0.25) is 0 Å². The molecule has 0 saturated heterocycles. The molecule has 0 atom stereocenters. The maximum atomic E-state index is 4.24. The van der Waals surface area contributed by atoms with Crippen LogP contribution in [0.25, 0.3) is 0 Å². The summed E-state index contributed by atoms with van der Waals surface area (Å²) in [5, 5.41) is 10.4. The standard InChI is InChI=1S/C10H19N3/c1-8(2)6-10-7-9(12-13-10)4-5-11-3/h7-8,11H,4-6H2,1-3H3,(H,12,13). The molecule has 3 heteroatoms. The quantitative estimate of drug-likeness (QED) is 0.720. The summed E-state index contributed by atoms with van der Waals surface area (Å²) in [6.45, 7) is 5.42. The van der Waals surface area contributed by atoms with E-state index in [2.05, 4.69) is 35.4 Å². The zero-order valence-electron chi connectivity index (χ0n) is 8.72. The van der Waals surface area contributed by atoms with Crippen LogP contribution >= 0.6 is 0 Å². The highest BCUT2D eigenvalue weighted by atomic mass is 15.1. The molecular weight excluding hydrogens is 162 g/mol. The summed E-state index contributed by atoms with van der Waals surface area (Å²) in [6.07, 6.45) is 2.09. The van der Waals surface area contributed by atoms with E-state index in [0.717, 1.165) is 25.1 Å². The number of nitrogens with one attached hydrogen (secondary N) is 2. The van der Waals surface area contributed by atoms with Crippen LogP contribution in [0.3, 0.4) is 0 Å². The Labute approximate surface area is 79.9 Å². The Bertz CT molecular complexity index is 240. The molecule has 0 aliphatic heterocycles. The van der Waals surface area contributed by atoms with E-state index in [-0.39, 0.29) is 0 Å². The van der Waals surface area contributed by atoms with Gasteiger partial charge in [0.05, 0.1) is 5.69 Å². The van der Waals surface area contributed by atoms with Crippen molar-refractivity contribution in [2.45, 2.75) is 26.7 Å². The molecule has 0 radical (unpaired) electrons.